The van der Waals surface area contributed by atoms with Crippen molar-refractivity contribution in [1.29, 1.82) is 0 Å². The zero-order valence-electron chi connectivity index (χ0n) is 26.4. The van der Waals surface area contributed by atoms with Gasteiger partial charge >= 0.3 is 0 Å². The molecular weight excluding hydrogens is 621 g/mol. The normalized spacial score (nSPS) is 11.6. The van der Waals surface area contributed by atoms with Crippen LogP contribution in [0.2, 0.25) is 0 Å². The van der Waals surface area contributed by atoms with Crippen LogP contribution in [0, 0.1) is 0 Å². The molecule has 5 aromatic heterocycles. The van der Waals surface area contributed by atoms with Crippen LogP contribution in [0.25, 0.3) is 101 Å². The number of furan rings is 2. The number of aromatic nitrogens is 6. The summed E-state index contributed by atoms with van der Waals surface area (Å²) in [5.41, 5.74) is 10.8. The molecule has 0 spiro atoms. The van der Waals surface area contributed by atoms with Gasteiger partial charge in [0, 0.05) is 44.8 Å². The second-order valence-electron chi connectivity index (χ2n) is 12.0. The van der Waals surface area contributed by atoms with E-state index in [0.717, 1.165) is 72.0 Å². The Labute approximate surface area is 284 Å². The second kappa shape index (κ2) is 11.3. The van der Waals surface area contributed by atoms with Crippen molar-refractivity contribution in [3.63, 3.8) is 0 Å². The molecule has 0 unspecified atom stereocenters. The molecule has 0 fully saturated rings. The number of fused-ring (bicyclic) bond motifs is 6. The fourth-order valence-electron chi connectivity index (χ4n) is 6.50. The standard InChI is InChI=1S/C42H24N6O2/c1-3-9-27(10-4-1)40-46-41(28-11-5-2-6-12-28)48-42(47-40)29-19-20-34-32(23-29)37-38(49-34)30(21-22-43-37)25-15-17-26(18-16-25)35-39-36(45-24-44-35)31-13-7-8-14-33(31)50-39/h1-24H. The maximum atomic E-state index is 6.47. The zero-order valence-corrected chi connectivity index (χ0v) is 26.4. The van der Waals surface area contributed by atoms with Crippen LogP contribution in [0.4, 0.5) is 0 Å². The second-order valence-corrected chi connectivity index (χ2v) is 12.0. The van der Waals surface area contributed by atoms with E-state index in [1.807, 2.05) is 128 Å². The molecule has 0 aliphatic carbocycles. The van der Waals surface area contributed by atoms with E-state index in [2.05, 4.69) is 22.1 Å². The minimum Gasteiger partial charge on any atom is -0.454 e. The molecule has 0 radical (unpaired) electrons. The smallest absolute Gasteiger partial charge is 0.180 e. The number of hydrogen-bond acceptors (Lipinski definition) is 8. The molecule has 234 valence electrons. The predicted octanol–water partition coefficient (Wildman–Crippen LogP) is 10.2. The van der Waals surface area contributed by atoms with Gasteiger partial charge in [0.1, 0.15) is 34.2 Å². The van der Waals surface area contributed by atoms with Crippen LogP contribution in [-0.2, 0) is 0 Å². The van der Waals surface area contributed by atoms with Crippen molar-refractivity contribution in [1.82, 2.24) is 29.9 Å². The van der Waals surface area contributed by atoms with E-state index in [1.54, 1.807) is 6.33 Å². The third-order valence-electron chi connectivity index (χ3n) is 8.94. The summed E-state index contributed by atoms with van der Waals surface area (Å²) in [5, 5.41) is 1.85. The van der Waals surface area contributed by atoms with Gasteiger partial charge in [-0.3, -0.25) is 4.98 Å². The van der Waals surface area contributed by atoms with Crippen molar-refractivity contribution < 1.29 is 8.83 Å². The van der Waals surface area contributed by atoms with Gasteiger partial charge in [0.25, 0.3) is 0 Å². The molecule has 5 aromatic carbocycles. The average molecular weight is 645 g/mol. The highest BCUT2D eigenvalue weighted by Gasteiger charge is 2.18. The molecule has 10 rings (SSSR count). The minimum absolute atomic E-state index is 0.573. The molecule has 0 atom stereocenters. The maximum Gasteiger partial charge on any atom is 0.180 e. The number of benzene rings is 5. The Morgan fingerprint density at radius 2 is 0.980 bits per heavy atom. The van der Waals surface area contributed by atoms with Gasteiger partial charge in [-0.1, -0.05) is 97.1 Å². The Balaban J connectivity index is 1.06. The van der Waals surface area contributed by atoms with Gasteiger partial charge in [0.2, 0.25) is 0 Å². The van der Waals surface area contributed by atoms with Crippen LogP contribution in [0.15, 0.2) is 155 Å². The quantitative estimate of drug-likeness (QED) is 0.182. The number of hydrogen-bond donors (Lipinski definition) is 0. The monoisotopic (exact) mass is 644 g/mol. The fraction of sp³-hybridized carbons (Fsp3) is 0. The summed E-state index contributed by atoms with van der Waals surface area (Å²) in [5.74, 6) is 1.79. The Morgan fingerprint density at radius 1 is 0.400 bits per heavy atom. The SMILES string of the molecule is c1ccc(-c2nc(-c3ccccc3)nc(-c3ccc4oc5c(-c6ccc(-c7ncnc8c7oc7ccccc78)cc6)ccnc5c4c3)n2)cc1. The topological polar surface area (TPSA) is 104 Å². The molecule has 50 heavy (non-hydrogen) atoms. The van der Waals surface area contributed by atoms with Gasteiger partial charge in [0.05, 0.1) is 0 Å². The summed E-state index contributed by atoms with van der Waals surface area (Å²) in [6.07, 6.45) is 3.41. The summed E-state index contributed by atoms with van der Waals surface area (Å²) in [7, 11) is 0. The molecule has 0 aliphatic heterocycles. The number of rotatable bonds is 5. The Kier molecular flexibility index (Phi) is 6.32. The van der Waals surface area contributed by atoms with Crippen LogP contribution in [0.1, 0.15) is 0 Å². The molecular formula is C42H24N6O2. The molecule has 0 N–H and O–H groups in total. The lowest BCUT2D eigenvalue weighted by atomic mass is 10.0. The van der Waals surface area contributed by atoms with Crippen molar-refractivity contribution >= 4 is 44.1 Å². The lowest BCUT2D eigenvalue weighted by molar-refractivity contribution is 0.667. The van der Waals surface area contributed by atoms with Gasteiger partial charge in [-0.15, -0.1) is 0 Å². The van der Waals surface area contributed by atoms with Gasteiger partial charge in [-0.25, -0.2) is 24.9 Å². The molecule has 8 nitrogen and oxygen atoms in total. The summed E-state index contributed by atoms with van der Waals surface area (Å²) in [4.78, 5) is 28.5. The number of nitrogens with zero attached hydrogens (tertiary/aromatic N) is 6. The van der Waals surface area contributed by atoms with Crippen LogP contribution in [0.5, 0.6) is 0 Å². The van der Waals surface area contributed by atoms with Crippen LogP contribution < -0.4 is 0 Å². The highest BCUT2D eigenvalue weighted by Crippen LogP contribution is 2.38. The zero-order chi connectivity index (χ0) is 33.0. The van der Waals surface area contributed by atoms with E-state index >= 15 is 0 Å². The van der Waals surface area contributed by atoms with Crippen LogP contribution in [-0.4, -0.2) is 29.9 Å². The van der Waals surface area contributed by atoms with E-state index < -0.39 is 0 Å². The van der Waals surface area contributed by atoms with Gasteiger partial charge < -0.3 is 8.83 Å². The summed E-state index contributed by atoms with van der Waals surface area (Å²) >= 11 is 0. The maximum absolute atomic E-state index is 6.47. The third kappa shape index (κ3) is 4.62. The fourth-order valence-corrected chi connectivity index (χ4v) is 6.50. The minimum atomic E-state index is 0.573. The molecule has 10 aromatic rings. The Hall–Kier alpha value is -7.06. The van der Waals surface area contributed by atoms with Crippen molar-refractivity contribution in [2.45, 2.75) is 0 Å². The van der Waals surface area contributed by atoms with E-state index in [-0.39, 0.29) is 0 Å². The lowest BCUT2D eigenvalue weighted by Gasteiger charge is -2.08. The van der Waals surface area contributed by atoms with Crippen molar-refractivity contribution in [2.24, 2.45) is 0 Å². The molecule has 0 aliphatic rings. The molecule has 0 saturated heterocycles. The molecule has 0 amide bonds. The number of para-hydroxylation sites is 1. The molecule has 0 bridgehead atoms. The third-order valence-corrected chi connectivity index (χ3v) is 8.94. The van der Waals surface area contributed by atoms with E-state index in [4.69, 9.17) is 28.8 Å². The molecule has 0 saturated carbocycles. The van der Waals surface area contributed by atoms with E-state index in [9.17, 15) is 0 Å². The highest BCUT2D eigenvalue weighted by molar-refractivity contribution is 6.09. The highest BCUT2D eigenvalue weighted by atomic mass is 16.3. The van der Waals surface area contributed by atoms with Crippen molar-refractivity contribution in [2.75, 3.05) is 0 Å². The van der Waals surface area contributed by atoms with Crippen molar-refractivity contribution in [3.8, 4) is 56.5 Å². The largest absolute Gasteiger partial charge is 0.454 e. The summed E-state index contributed by atoms with van der Waals surface area (Å²) < 4.78 is 12.7. The first-order valence-electron chi connectivity index (χ1n) is 16.2. The first kappa shape index (κ1) is 28.0. The van der Waals surface area contributed by atoms with E-state index in [0.29, 0.717) is 28.6 Å². The van der Waals surface area contributed by atoms with Crippen LogP contribution in [0.3, 0.4) is 0 Å². The van der Waals surface area contributed by atoms with Crippen molar-refractivity contribution in [3.05, 3.63) is 146 Å². The Bertz CT molecular complexity index is 2810. The van der Waals surface area contributed by atoms with E-state index in [1.165, 1.54) is 0 Å². The van der Waals surface area contributed by atoms with Gasteiger partial charge in [-0.2, -0.15) is 0 Å². The molecule has 5 heterocycles. The van der Waals surface area contributed by atoms with Gasteiger partial charge in [-0.05, 0) is 42.0 Å². The van der Waals surface area contributed by atoms with Crippen LogP contribution >= 0.6 is 0 Å². The first-order valence-corrected chi connectivity index (χ1v) is 16.2. The Morgan fingerprint density at radius 3 is 1.72 bits per heavy atom. The van der Waals surface area contributed by atoms with Gasteiger partial charge in [0.15, 0.2) is 28.6 Å². The number of pyridine rings is 1. The average Bonchev–Trinajstić information content (AvgIpc) is 3.77. The predicted molar refractivity (Wildman–Crippen MR) is 195 cm³/mol. The summed E-state index contributed by atoms with van der Waals surface area (Å²) in [6.45, 7) is 0. The first-order chi connectivity index (χ1) is 24.8. The molecule has 8 heteroatoms. The summed E-state index contributed by atoms with van der Waals surface area (Å²) in [6, 6.07) is 44.0. The lowest BCUT2D eigenvalue weighted by Crippen LogP contribution is -2.00.